The summed E-state index contributed by atoms with van der Waals surface area (Å²) in [6, 6.07) is 1.50. The second-order valence-electron chi connectivity index (χ2n) is 4.84. The largest absolute Gasteiger partial charge is 0.479 e. The van der Waals surface area contributed by atoms with Gasteiger partial charge in [-0.05, 0) is 17.4 Å². The molecule has 0 saturated heterocycles. The van der Waals surface area contributed by atoms with E-state index in [0.29, 0.717) is 4.88 Å². The molecular formula is C13H19N3O4S. The highest BCUT2D eigenvalue weighted by molar-refractivity contribution is 7.10. The van der Waals surface area contributed by atoms with Crippen LogP contribution in [0.5, 0.6) is 0 Å². The van der Waals surface area contributed by atoms with Crippen LogP contribution in [0.2, 0.25) is 0 Å². The van der Waals surface area contributed by atoms with Gasteiger partial charge in [-0.25, -0.2) is 4.79 Å². The lowest BCUT2D eigenvalue weighted by molar-refractivity contribution is -0.141. The van der Waals surface area contributed by atoms with Crippen LogP contribution >= 0.6 is 11.3 Å². The SMILES string of the molecule is CC(C)[C@H](N)C(=O)NCC(=O)NC(C(=O)O)c1cccs1. The monoisotopic (exact) mass is 313 g/mol. The Bertz CT molecular complexity index is 502. The first-order chi connectivity index (χ1) is 9.82. The zero-order chi connectivity index (χ0) is 16.0. The van der Waals surface area contributed by atoms with E-state index in [4.69, 9.17) is 10.8 Å². The van der Waals surface area contributed by atoms with E-state index in [1.54, 1.807) is 31.4 Å². The van der Waals surface area contributed by atoms with Crippen molar-refractivity contribution in [1.29, 1.82) is 0 Å². The lowest BCUT2D eigenvalue weighted by Crippen LogP contribution is -2.48. The van der Waals surface area contributed by atoms with Gasteiger partial charge in [0.1, 0.15) is 0 Å². The van der Waals surface area contributed by atoms with Crippen LogP contribution in [0.3, 0.4) is 0 Å². The van der Waals surface area contributed by atoms with Crippen molar-refractivity contribution < 1.29 is 19.5 Å². The number of carboxylic acid groups (broad SMARTS) is 1. The van der Waals surface area contributed by atoms with Crippen LogP contribution in [0, 0.1) is 5.92 Å². The first-order valence-electron chi connectivity index (χ1n) is 6.41. The number of hydrogen-bond donors (Lipinski definition) is 4. The lowest BCUT2D eigenvalue weighted by Gasteiger charge is -2.16. The Kier molecular flexibility index (Phi) is 6.32. The van der Waals surface area contributed by atoms with Gasteiger partial charge in [-0.1, -0.05) is 19.9 Å². The van der Waals surface area contributed by atoms with Crippen molar-refractivity contribution in [2.75, 3.05) is 6.54 Å². The van der Waals surface area contributed by atoms with Crippen molar-refractivity contribution in [2.24, 2.45) is 11.7 Å². The molecule has 0 aliphatic heterocycles. The van der Waals surface area contributed by atoms with Gasteiger partial charge in [-0.3, -0.25) is 9.59 Å². The standard InChI is InChI=1S/C13H19N3O4S/c1-7(2)10(14)12(18)15-6-9(17)16-11(13(19)20)8-4-3-5-21-8/h3-5,7,10-11H,6,14H2,1-2H3,(H,15,18)(H,16,17)(H,19,20)/t10-,11?/m0/s1. The van der Waals surface area contributed by atoms with Gasteiger partial charge in [0.25, 0.3) is 0 Å². The Morgan fingerprint density at radius 2 is 2.05 bits per heavy atom. The molecule has 0 spiro atoms. The lowest BCUT2D eigenvalue weighted by atomic mass is 10.1. The Balaban J connectivity index is 2.52. The predicted molar refractivity (Wildman–Crippen MR) is 78.7 cm³/mol. The van der Waals surface area contributed by atoms with Crippen molar-refractivity contribution in [3.8, 4) is 0 Å². The Labute approximate surface area is 126 Å². The van der Waals surface area contributed by atoms with E-state index < -0.39 is 29.9 Å². The number of nitrogens with two attached hydrogens (primary N) is 1. The van der Waals surface area contributed by atoms with Gasteiger partial charge < -0.3 is 21.5 Å². The second-order valence-corrected chi connectivity index (χ2v) is 5.82. The van der Waals surface area contributed by atoms with E-state index in [9.17, 15) is 14.4 Å². The summed E-state index contributed by atoms with van der Waals surface area (Å²) < 4.78 is 0. The molecule has 1 rings (SSSR count). The van der Waals surface area contributed by atoms with E-state index in [1.165, 1.54) is 11.3 Å². The Hall–Kier alpha value is -1.93. The third-order valence-corrected chi connectivity index (χ3v) is 3.76. The maximum Gasteiger partial charge on any atom is 0.331 e. The zero-order valence-electron chi connectivity index (χ0n) is 11.8. The number of carbonyl (C=O) groups excluding carboxylic acids is 2. The molecule has 0 radical (unpaired) electrons. The smallest absolute Gasteiger partial charge is 0.331 e. The molecule has 0 fully saturated rings. The molecule has 2 atom stereocenters. The molecule has 0 aromatic carbocycles. The number of hydrogen-bond acceptors (Lipinski definition) is 5. The quantitative estimate of drug-likeness (QED) is 0.568. The fraction of sp³-hybridized carbons (Fsp3) is 0.462. The summed E-state index contributed by atoms with van der Waals surface area (Å²) in [6.45, 7) is 3.28. The first kappa shape index (κ1) is 17.1. The average Bonchev–Trinajstić information content (AvgIpc) is 2.94. The Morgan fingerprint density at radius 1 is 1.38 bits per heavy atom. The molecule has 0 bridgehead atoms. The molecule has 0 saturated carbocycles. The van der Waals surface area contributed by atoms with Gasteiger partial charge in [-0.2, -0.15) is 0 Å². The third kappa shape index (κ3) is 5.16. The maximum atomic E-state index is 11.7. The third-order valence-electron chi connectivity index (χ3n) is 2.82. The Morgan fingerprint density at radius 3 is 2.52 bits per heavy atom. The number of aliphatic carboxylic acids is 1. The minimum atomic E-state index is -1.16. The zero-order valence-corrected chi connectivity index (χ0v) is 12.6. The minimum absolute atomic E-state index is 0.0500. The number of thiophene rings is 1. The number of rotatable bonds is 7. The number of nitrogens with one attached hydrogen (secondary N) is 2. The fourth-order valence-electron chi connectivity index (χ4n) is 1.51. The molecule has 21 heavy (non-hydrogen) atoms. The highest BCUT2D eigenvalue weighted by Crippen LogP contribution is 2.18. The summed E-state index contributed by atoms with van der Waals surface area (Å²) in [4.78, 5) is 35.0. The van der Waals surface area contributed by atoms with Gasteiger partial charge in [0.05, 0.1) is 12.6 Å². The number of carboxylic acids is 1. The summed E-state index contributed by atoms with van der Waals surface area (Å²) in [5.74, 6) is -2.23. The molecule has 7 nitrogen and oxygen atoms in total. The van der Waals surface area contributed by atoms with Crippen LogP contribution in [-0.4, -0.2) is 35.5 Å². The fourth-order valence-corrected chi connectivity index (χ4v) is 2.28. The average molecular weight is 313 g/mol. The number of carbonyl (C=O) groups is 3. The molecule has 1 unspecified atom stereocenters. The van der Waals surface area contributed by atoms with Crippen molar-refractivity contribution in [3.63, 3.8) is 0 Å². The van der Waals surface area contributed by atoms with Crippen LogP contribution in [-0.2, 0) is 14.4 Å². The summed E-state index contributed by atoms with van der Waals surface area (Å²) in [7, 11) is 0. The van der Waals surface area contributed by atoms with Gasteiger partial charge in [0, 0.05) is 4.88 Å². The minimum Gasteiger partial charge on any atom is -0.479 e. The topological polar surface area (TPSA) is 122 Å². The maximum absolute atomic E-state index is 11.7. The summed E-state index contributed by atoms with van der Waals surface area (Å²) in [6.07, 6.45) is 0. The second kappa shape index (κ2) is 7.75. The molecule has 1 aromatic rings. The van der Waals surface area contributed by atoms with Crippen LogP contribution in [0.25, 0.3) is 0 Å². The predicted octanol–water partition coefficient (Wildman–Crippen LogP) is 0.0895. The molecule has 2 amide bonds. The van der Waals surface area contributed by atoms with E-state index in [0.717, 1.165) is 0 Å². The molecule has 8 heteroatoms. The first-order valence-corrected chi connectivity index (χ1v) is 7.29. The van der Waals surface area contributed by atoms with E-state index >= 15 is 0 Å². The molecule has 1 heterocycles. The van der Waals surface area contributed by atoms with Crippen molar-refractivity contribution >= 4 is 29.1 Å². The van der Waals surface area contributed by atoms with Gasteiger partial charge in [-0.15, -0.1) is 11.3 Å². The van der Waals surface area contributed by atoms with Gasteiger partial charge in [0.15, 0.2) is 6.04 Å². The summed E-state index contributed by atoms with van der Waals surface area (Å²) >= 11 is 1.23. The molecular weight excluding hydrogens is 294 g/mol. The van der Waals surface area contributed by atoms with Crippen LogP contribution in [0.15, 0.2) is 17.5 Å². The van der Waals surface area contributed by atoms with E-state index in [1.807, 2.05) is 0 Å². The van der Waals surface area contributed by atoms with Crippen molar-refractivity contribution in [2.45, 2.75) is 25.9 Å². The molecule has 116 valence electrons. The molecule has 0 aliphatic rings. The van der Waals surface area contributed by atoms with Crippen molar-refractivity contribution in [1.82, 2.24) is 10.6 Å². The molecule has 0 aliphatic carbocycles. The van der Waals surface area contributed by atoms with Gasteiger partial charge in [0.2, 0.25) is 11.8 Å². The number of amides is 2. The van der Waals surface area contributed by atoms with Crippen LogP contribution in [0.4, 0.5) is 0 Å². The normalized spacial score (nSPS) is 13.5. The van der Waals surface area contributed by atoms with Crippen LogP contribution < -0.4 is 16.4 Å². The highest BCUT2D eigenvalue weighted by Gasteiger charge is 2.23. The van der Waals surface area contributed by atoms with Gasteiger partial charge >= 0.3 is 5.97 Å². The molecule has 1 aromatic heterocycles. The van der Waals surface area contributed by atoms with E-state index in [-0.39, 0.29) is 12.5 Å². The van der Waals surface area contributed by atoms with E-state index in [2.05, 4.69) is 10.6 Å². The summed E-state index contributed by atoms with van der Waals surface area (Å²) in [5.41, 5.74) is 5.64. The highest BCUT2D eigenvalue weighted by atomic mass is 32.1. The molecule has 5 N–H and O–H groups in total. The van der Waals surface area contributed by atoms with Crippen LogP contribution in [0.1, 0.15) is 24.8 Å². The van der Waals surface area contributed by atoms with Crippen molar-refractivity contribution in [3.05, 3.63) is 22.4 Å². The summed E-state index contributed by atoms with van der Waals surface area (Å²) in [5, 5.41) is 15.6.